The smallest absolute Gasteiger partial charge is 0.408 e. The van der Waals surface area contributed by atoms with Crippen molar-refractivity contribution < 1.29 is 14.3 Å². The molecule has 4 aromatic rings. The molecular formula is C31H34N4O3. The molecule has 1 amide bonds. The summed E-state index contributed by atoms with van der Waals surface area (Å²) >= 11 is 0. The Morgan fingerprint density at radius 1 is 0.921 bits per heavy atom. The lowest BCUT2D eigenvalue weighted by Gasteiger charge is -2.22. The summed E-state index contributed by atoms with van der Waals surface area (Å²) in [5.74, 6) is 1.14. The van der Waals surface area contributed by atoms with Crippen molar-refractivity contribution in [2.75, 3.05) is 5.32 Å². The molecule has 0 radical (unpaired) electrons. The van der Waals surface area contributed by atoms with Crippen molar-refractivity contribution in [1.82, 2.24) is 15.3 Å². The fourth-order valence-corrected chi connectivity index (χ4v) is 3.81. The van der Waals surface area contributed by atoms with Crippen LogP contribution in [0.5, 0.6) is 5.75 Å². The third kappa shape index (κ3) is 7.32. The first-order chi connectivity index (χ1) is 18.2. The molecule has 0 aliphatic carbocycles. The SMILES string of the molecule is Cc1ccc(-c2ncnc(Nc3ccc(C(C)NC(=O)OC(C)(C)C)cc3)c2OCc2ccccc2)cc1. The Balaban J connectivity index is 1.55. The van der Waals surface area contributed by atoms with Crippen molar-refractivity contribution in [2.24, 2.45) is 0 Å². The summed E-state index contributed by atoms with van der Waals surface area (Å²) in [6.45, 7) is 9.87. The first-order valence-corrected chi connectivity index (χ1v) is 12.6. The van der Waals surface area contributed by atoms with Gasteiger partial charge in [0.1, 0.15) is 24.2 Å². The van der Waals surface area contributed by atoms with E-state index in [1.165, 1.54) is 11.9 Å². The zero-order valence-corrected chi connectivity index (χ0v) is 22.5. The Labute approximate surface area is 224 Å². The van der Waals surface area contributed by atoms with Crippen molar-refractivity contribution >= 4 is 17.6 Å². The van der Waals surface area contributed by atoms with Gasteiger partial charge in [-0.3, -0.25) is 0 Å². The summed E-state index contributed by atoms with van der Waals surface area (Å²) in [5, 5.41) is 6.25. The number of hydrogen-bond donors (Lipinski definition) is 2. The molecule has 2 N–H and O–H groups in total. The van der Waals surface area contributed by atoms with E-state index in [1.54, 1.807) is 0 Å². The summed E-state index contributed by atoms with van der Waals surface area (Å²) in [5.41, 5.74) is 5.11. The number of rotatable bonds is 8. The molecular weight excluding hydrogens is 476 g/mol. The topological polar surface area (TPSA) is 85.4 Å². The number of aromatic nitrogens is 2. The first kappa shape index (κ1) is 26.7. The van der Waals surface area contributed by atoms with Crippen LogP contribution >= 0.6 is 0 Å². The van der Waals surface area contributed by atoms with E-state index in [1.807, 2.05) is 94.4 Å². The summed E-state index contributed by atoms with van der Waals surface area (Å²) in [7, 11) is 0. The average Bonchev–Trinajstić information content (AvgIpc) is 2.88. The van der Waals surface area contributed by atoms with Crippen LogP contribution in [-0.4, -0.2) is 21.7 Å². The summed E-state index contributed by atoms with van der Waals surface area (Å²) in [6.07, 6.45) is 1.09. The van der Waals surface area contributed by atoms with E-state index in [9.17, 15) is 4.79 Å². The second-order valence-corrected chi connectivity index (χ2v) is 10.2. The fraction of sp³-hybridized carbons (Fsp3) is 0.258. The minimum absolute atomic E-state index is 0.212. The maximum atomic E-state index is 12.1. The van der Waals surface area contributed by atoms with Gasteiger partial charge in [-0.15, -0.1) is 0 Å². The van der Waals surface area contributed by atoms with Crippen LogP contribution in [-0.2, 0) is 11.3 Å². The predicted octanol–water partition coefficient (Wildman–Crippen LogP) is 7.36. The number of nitrogens with one attached hydrogen (secondary N) is 2. The number of amides is 1. The number of aryl methyl sites for hydroxylation is 1. The highest BCUT2D eigenvalue weighted by Crippen LogP contribution is 2.35. The molecule has 1 unspecified atom stereocenters. The van der Waals surface area contributed by atoms with E-state index >= 15 is 0 Å². The van der Waals surface area contributed by atoms with Gasteiger partial charge in [0.05, 0.1) is 6.04 Å². The molecule has 0 aliphatic rings. The molecule has 7 nitrogen and oxygen atoms in total. The van der Waals surface area contributed by atoms with Crippen LogP contribution in [0.2, 0.25) is 0 Å². The summed E-state index contributed by atoms with van der Waals surface area (Å²) in [4.78, 5) is 21.2. The van der Waals surface area contributed by atoms with Gasteiger partial charge in [-0.2, -0.15) is 0 Å². The van der Waals surface area contributed by atoms with E-state index < -0.39 is 11.7 Å². The maximum absolute atomic E-state index is 12.1. The quantitative estimate of drug-likeness (QED) is 0.258. The second kappa shape index (κ2) is 11.8. The van der Waals surface area contributed by atoms with Crippen molar-refractivity contribution in [3.8, 4) is 17.0 Å². The standard InChI is InChI=1S/C31H34N4O3/c1-21-11-13-25(14-12-21)27-28(37-19-23-9-7-6-8-10-23)29(33-20-32-27)35-26-17-15-24(16-18-26)22(2)34-30(36)38-31(3,4)5/h6-18,20,22H,19H2,1-5H3,(H,34,36)(H,32,33,35). The highest BCUT2D eigenvalue weighted by Gasteiger charge is 2.19. The number of nitrogens with zero attached hydrogens (tertiary/aromatic N) is 2. The normalized spacial score (nSPS) is 11.9. The van der Waals surface area contributed by atoms with E-state index in [-0.39, 0.29) is 6.04 Å². The molecule has 0 saturated heterocycles. The highest BCUT2D eigenvalue weighted by atomic mass is 16.6. The molecule has 0 saturated carbocycles. The van der Waals surface area contributed by atoms with Crippen LogP contribution in [0.4, 0.5) is 16.3 Å². The van der Waals surface area contributed by atoms with Gasteiger partial charge in [-0.25, -0.2) is 14.8 Å². The largest absolute Gasteiger partial charge is 0.483 e. The minimum Gasteiger partial charge on any atom is -0.483 e. The lowest BCUT2D eigenvalue weighted by molar-refractivity contribution is 0.0508. The zero-order valence-electron chi connectivity index (χ0n) is 22.5. The van der Waals surface area contributed by atoms with Crippen molar-refractivity contribution in [3.05, 3.63) is 102 Å². The number of alkyl carbamates (subject to hydrolysis) is 1. The van der Waals surface area contributed by atoms with Crippen LogP contribution in [0.1, 0.15) is 50.4 Å². The van der Waals surface area contributed by atoms with E-state index in [4.69, 9.17) is 9.47 Å². The molecule has 0 spiro atoms. The molecule has 196 valence electrons. The number of benzene rings is 3. The van der Waals surface area contributed by atoms with Gasteiger partial charge in [0, 0.05) is 11.3 Å². The number of carbonyl (C=O) groups is 1. The van der Waals surface area contributed by atoms with Gasteiger partial charge in [0.25, 0.3) is 0 Å². The molecule has 0 bridgehead atoms. The Morgan fingerprint density at radius 2 is 1.61 bits per heavy atom. The molecule has 0 fully saturated rings. The highest BCUT2D eigenvalue weighted by molar-refractivity contribution is 5.75. The minimum atomic E-state index is -0.549. The molecule has 1 aromatic heterocycles. The predicted molar refractivity (Wildman–Crippen MR) is 150 cm³/mol. The Hall–Kier alpha value is -4.39. The second-order valence-electron chi connectivity index (χ2n) is 10.2. The van der Waals surface area contributed by atoms with Crippen LogP contribution < -0.4 is 15.4 Å². The third-order valence-corrected chi connectivity index (χ3v) is 5.76. The molecule has 1 heterocycles. The first-order valence-electron chi connectivity index (χ1n) is 12.6. The number of ether oxygens (including phenoxy) is 2. The van der Waals surface area contributed by atoms with Gasteiger partial charge >= 0.3 is 6.09 Å². The summed E-state index contributed by atoms with van der Waals surface area (Å²) in [6, 6.07) is 25.7. The van der Waals surface area contributed by atoms with Gasteiger partial charge in [-0.05, 0) is 57.9 Å². The van der Waals surface area contributed by atoms with Gasteiger partial charge < -0.3 is 20.1 Å². The Morgan fingerprint density at radius 3 is 2.26 bits per heavy atom. The lowest BCUT2D eigenvalue weighted by atomic mass is 10.1. The van der Waals surface area contributed by atoms with Crippen molar-refractivity contribution in [1.29, 1.82) is 0 Å². The van der Waals surface area contributed by atoms with E-state index in [2.05, 4.69) is 39.7 Å². The van der Waals surface area contributed by atoms with Crippen LogP contribution in [0.3, 0.4) is 0 Å². The fourth-order valence-electron chi connectivity index (χ4n) is 3.81. The Bertz CT molecular complexity index is 1350. The lowest BCUT2D eigenvalue weighted by Crippen LogP contribution is -2.34. The van der Waals surface area contributed by atoms with E-state index in [0.29, 0.717) is 23.9 Å². The monoisotopic (exact) mass is 510 g/mol. The Kier molecular flexibility index (Phi) is 8.26. The molecule has 3 aromatic carbocycles. The van der Waals surface area contributed by atoms with E-state index in [0.717, 1.165) is 22.4 Å². The van der Waals surface area contributed by atoms with Gasteiger partial charge in [0.15, 0.2) is 11.6 Å². The van der Waals surface area contributed by atoms with Crippen LogP contribution in [0, 0.1) is 6.92 Å². The third-order valence-electron chi connectivity index (χ3n) is 5.76. The number of hydrogen-bond acceptors (Lipinski definition) is 6. The van der Waals surface area contributed by atoms with Crippen LogP contribution in [0.15, 0.2) is 85.2 Å². The van der Waals surface area contributed by atoms with Crippen LogP contribution in [0.25, 0.3) is 11.3 Å². The van der Waals surface area contributed by atoms with Gasteiger partial charge in [-0.1, -0.05) is 72.3 Å². The molecule has 1 atom stereocenters. The average molecular weight is 511 g/mol. The van der Waals surface area contributed by atoms with Gasteiger partial charge in [0.2, 0.25) is 0 Å². The molecule has 0 aliphatic heterocycles. The molecule has 4 rings (SSSR count). The molecule has 38 heavy (non-hydrogen) atoms. The number of carbonyl (C=O) groups excluding carboxylic acids is 1. The number of anilines is 2. The van der Waals surface area contributed by atoms with Crippen molar-refractivity contribution in [3.63, 3.8) is 0 Å². The summed E-state index contributed by atoms with van der Waals surface area (Å²) < 4.78 is 11.7. The maximum Gasteiger partial charge on any atom is 0.408 e. The zero-order chi connectivity index (χ0) is 27.1. The molecule has 7 heteroatoms. The van der Waals surface area contributed by atoms with Crippen molar-refractivity contribution in [2.45, 2.75) is 52.9 Å².